The zero-order valence-corrected chi connectivity index (χ0v) is 17.7. The van der Waals surface area contributed by atoms with E-state index in [2.05, 4.69) is 16.6 Å². The van der Waals surface area contributed by atoms with E-state index in [1.165, 1.54) is 30.3 Å². The Kier molecular flexibility index (Phi) is 6.94. The molecule has 0 saturated carbocycles. The predicted molar refractivity (Wildman–Crippen MR) is 119 cm³/mol. The molecular formula is C22H18ClFN2O4S. The molecule has 0 aliphatic heterocycles. The summed E-state index contributed by atoms with van der Waals surface area (Å²) in [7, 11) is -4.03. The fourth-order valence-corrected chi connectivity index (χ4v) is 3.88. The first-order valence-electron chi connectivity index (χ1n) is 9.01. The fourth-order valence-electron chi connectivity index (χ4n) is 2.59. The number of amides is 1. The van der Waals surface area contributed by atoms with E-state index in [1.807, 2.05) is 0 Å². The summed E-state index contributed by atoms with van der Waals surface area (Å²) in [5.74, 6) is -0.555. The molecule has 0 spiro atoms. The molecule has 0 heterocycles. The number of anilines is 2. The lowest BCUT2D eigenvalue weighted by atomic mass is 10.2. The predicted octanol–water partition coefficient (Wildman–Crippen LogP) is 5.10. The van der Waals surface area contributed by atoms with E-state index in [9.17, 15) is 17.6 Å². The number of halogens is 2. The van der Waals surface area contributed by atoms with E-state index in [-0.39, 0.29) is 21.2 Å². The van der Waals surface area contributed by atoms with Crippen LogP contribution >= 0.6 is 11.6 Å². The van der Waals surface area contributed by atoms with E-state index in [1.54, 1.807) is 30.3 Å². The molecule has 0 radical (unpaired) electrons. The van der Waals surface area contributed by atoms with Crippen molar-refractivity contribution in [2.45, 2.75) is 4.90 Å². The summed E-state index contributed by atoms with van der Waals surface area (Å²) in [6, 6.07) is 15.3. The average Bonchev–Trinajstić information content (AvgIpc) is 2.74. The second kappa shape index (κ2) is 9.63. The largest absolute Gasteiger partial charge is 0.489 e. The quantitative estimate of drug-likeness (QED) is 0.458. The summed E-state index contributed by atoms with van der Waals surface area (Å²) in [4.78, 5) is 12.6. The van der Waals surface area contributed by atoms with Crippen LogP contribution in [0.15, 0.2) is 84.3 Å². The van der Waals surface area contributed by atoms with Crippen LogP contribution in [0.1, 0.15) is 10.4 Å². The van der Waals surface area contributed by atoms with Crippen LogP contribution in [0.3, 0.4) is 0 Å². The Labute approximate surface area is 184 Å². The molecule has 9 heteroatoms. The van der Waals surface area contributed by atoms with Crippen LogP contribution in [-0.2, 0) is 10.0 Å². The maximum absolute atomic E-state index is 13.0. The van der Waals surface area contributed by atoms with Gasteiger partial charge in [-0.25, -0.2) is 12.8 Å². The molecule has 31 heavy (non-hydrogen) atoms. The van der Waals surface area contributed by atoms with Gasteiger partial charge >= 0.3 is 0 Å². The Balaban J connectivity index is 1.82. The van der Waals surface area contributed by atoms with Gasteiger partial charge in [-0.05, 0) is 54.6 Å². The molecule has 0 fully saturated rings. The summed E-state index contributed by atoms with van der Waals surface area (Å²) >= 11 is 6.13. The van der Waals surface area contributed by atoms with Gasteiger partial charge in [-0.1, -0.05) is 30.3 Å². The lowest BCUT2D eigenvalue weighted by Gasteiger charge is -2.12. The number of rotatable bonds is 8. The van der Waals surface area contributed by atoms with Crippen molar-refractivity contribution in [2.75, 3.05) is 16.6 Å². The van der Waals surface area contributed by atoms with Crippen LogP contribution in [0.25, 0.3) is 0 Å². The van der Waals surface area contributed by atoms with Crippen LogP contribution < -0.4 is 14.8 Å². The van der Waals surface area contributed by atoms with Crippen molar-refractivity contribution in [3.8, 4) is 5.75 Å². The molecule has 3 rings (SSSR count). The van der Waals surface area contributed by atoms with Gasteiger partial charge in [0.05, 0.1) is 15.5 Å². The van der Waals surface area contributed by atoms with Gasteiger partial charge < -0.3 is 10.1 Å². The topological polar surface area (TPSA) is 84.5 Å². The summed E-state index contributed by atoms with van der Waals surface area (Å²) in [6.45, 7) is 3.88. The normalized spacial score (nSPS) is 10.9. The highest BCUT2D eigenvalue weighted by atomic mass is 35.5. The van der Waals surface area contributed by atoms with Crippen LogP contribution in [0.2, 0.25) is 5.02 Å². The Hall–Kier alpha value is -3.36. The minimum absolute atomic E-state index is 0.0268. The number of carbonyl (C=O) groups excluding carboxylic acids is 1. The lowest BCUT2D eigenvalue weighted by Crippen LogP contribution is -2.16. The molecule has 0 bridgehead atoms. The summed E-state index contributed by atoms with van der Waals surface area (Å²) in [5.41, 5.74) is 0.597. The Morgan fingerprint density at radius 3 is 2.52 bits per heavy atom. The van der Waals surface area contributed by atoms with Crippen LogP contribution in [0.5, 0.6) is 5.75 Å². The Morgan fingerprint density at radius 2 is 1.81 bits per heavy atom. The number of nitrogens with one attached hydrogen (secondary N) is 2. The average molecular weight is 461 g/mol. The number of hydrogen-bond acceptors (Lipinski definition) is 4. The molecule has 3 aromatic carbocycles. The van der Waals surface area contributed by atoms with Crippen LogP contribution in [0, 0.1) is 5.82 Å². The Morgan fingerprint density at radius 1 is 1.06 bits per heavy atom. The maximum Gasteiger partial charge on any atom is 0.261 e. The van der Waals surface area contributed by atoms with Crippen LogP contribution in [0.4, 0.5) is 15.8 Å². The van der Waals surface area contributed by atoms with Gasteiger partial charge in [-0.3, -0.25) is 9.52 Å². The number of carbonyl (C=O) groups is 1. The molecular weight excluding hydrogens is 443 g/mol. The van der Waals surface area contributed by atoms with Crippen molar-refractivity contribution in [3.05, 3.63) is 95.8 Å². The molecule has 0 atom stereocenters. The third-order valence-electron chi connectivity index (χ3n) is 4.05. The van der Waals surface area contributed by atoms with Crippen molar-refractivity contribution in [1.82, 2.24) is 0 Å². The van der Waals surface area contributed by atoms with E-state index >= 15 is 0 Å². The van der Waals surface area contributed by atoms with Gasteiger partial charge in [0.2, 0.25) is 0 Å². The molecule has 0 saturated heterocycles. The first kappa shape index (κ1) is 22.3. The van der Waals surface area contributed by atoms with Gasteiger partial charge in [0.15, 0.2) is 0 Å². The molecule has 2 N–H and O–H groups in total. The first-order valence-corrected chi connectivity index (χ1v) is 10.9. The fraction of sp³-hybridized carbons (Fsp3) is 0.0455. The molecule has 0 aromatic heterocycles. The van der Waals surface area contributed by atoms with Gasteiger partial charge in [0.1, 0.15) is 18.2 Å². The molecule has 0 aliphatic carbocycles. The van der Waals surface area contributed by atoms with E-state index in [0.717, 1.165) is 12.1 Å². The minimum atomic E-state index is -4.03. The second-order valence-electron chi connectivity index (χ2n) is 6.34. The first-order chi connectivity index (χ1) is 14.8. The third-order valence-corrected chi connectivity index (χ3v) is 5.76. The molecule has 160 valence electrons. The van der Waals surface area contributed by atoms with Gasteiger partial charge in [-0.2, -0.15) is 0 Å². The zero-order chi connectivity index (χ0) is 22.4. The summed E-state index contributed by atoms with van der Waals surface area (Å²) in [5, 5.41) is 2.75. The highest BCUT2D eigenvalue weighted by molar-refractivity contribution is 7.92. The number of ether oxygens (including phenoxy) is 1. The van der Waals surface area contributed by atoms with Crippen molar-refractivity contribution in [1.29, 1.82) is 0 Å². The number of benzene rings is 3. The van der Waals surface area contributed by atoms with E-state index < -0.39 is 21.7 Å². The third kappa shape index (κ3) is 5.84. The summed E-state index contributed by atoms with van der Waals surface area (Å²) < 4.78 is 46.1. The number of hydrogen-bond donors (Lipinski definition) is 2. The highest BCUT2D eigenvalue weighted by Crippen LogP contribution is 2.25. The van der Waals surface area contributed by atoms with Crippen molar-refractivity contribution < 1.29 is 22.3 Å². The SMILES string of the molecule is C=CCOc1cccc(NC(=O)c2cc(S(=O)(=O)Nc3ccc(F)cc3)ccc2Cl)c1. The zero-order valence-electron chi connectivity index (χ0n) is 16.1. The standard InChI is InChI=1S/C22H18ClFN2O4S/c1-2-12-30-18-5-3-4-17(13-18)25-22(27)20-14-19(10-11-21(20)23)31(28,29)26-16-8-6-15(24)7-9-16/h2-11,13-14,26H,1,12H2,(H,25,27). The molecule has 3 aromatic rings. The molecule has 6 nitrogen and oxygen atoms in total. The molecule has 0 unspecified atom stereocenters. The second-order valence-corrected chi connectivity index (χ2v) is 8.43. The smallest absolute Gasteiger partial charge is 0.261 e. The van der Waals surface area contributed by atoms with Crippen molar-refractivity contribution in [2.24, 2.45) is 0 Å². The monoisotopic (exact) mass is 460 g/mol. The summed E-state index contributed by atoms with van der Waals surface area (Å²) in [6.07, 6.45) is 1.59. The van der Waals surface area contributed by atoms with Crippen LogP contribution in [-0.4, -0.2) is 20.9 Å². The van der Waals surface area contributed by atoms with Crippen molar-refractivity contribution in [3.63, 3.8) is 0 Å². The van der Waals surface area contributed by atoms with Gasteiger partial charge in [0.25, 0.3) is 15.9 Å². The van der Waals surface area contributed by atoms with E-state index in [4.69, 9.17) is 16.3 Å². The highest BCUT2D eigenvalue weighted by Gasteiger charge is 2.19. The minimum Gasteiger partial charge on any atom is -0.489 e. The molecule has 1 amide bonds. The number of sulfonamides is 1. The van der Waals surface area contributed by atoms with Gasteiger partial charge in [-0.15, -0.1) is 0 Å². The Bertz CT molecular complexity index is 1210. The molecule has 0 aliphatic rings. The van der Waals surface area contributed by atoms with E-state index in [0.29, 0.717) is 18.0 Å². The van der Waals surface area contributed by atoms with Gasteiger partial charge in [0, 0.05) is 17.4 Å². The maximum atomic E-state index is 13.0. The lowest BCUT2D eigenvalue weighted by molar-refractivity contribution is 0.102. The van der Waals surface area contributed by atoms with Crippen molar-refractivity contribution >= 4 is 38.9 Å².